The van der Waals surface area contributed by atoms with Gasteiger partial charge >= 0.3 is 0 Å². The van der Waals surface area contributed by atoms with E-state index in [1.165, 1.54) is 0 Å². The molecule has 0 aromatic carbocycles. The van der Waals surface area contributed by atoms with Gasteiger partial charge in [0.05, 0.1) is 17.9 Å². The Balaban J connectivity index is 2.72. The molecule has 0 spiro atoms. The lowest BCUT2D eigenvalue weighted by Gasteiger charge is -1.95. The zero-order chi connectivity index (χ0) is 8.81. The number of hydrogen-bond acceptors (Lipinski definition) is 3. The van der Waals surface area contributed by atoms with Crippen LogP contribution in [-0.2, 0) is 6.42 Å². The van der Waals surface area contributed by atoms with Gasteiger partial charge < -0.3 is 5.11 Å². The molecule has 0 atom stereocenters. The Kier molecular flexibility index (Phi) is 2.86. The first-order valence-corrected chi connectivity index (χ1v) is 3.49. The summed E-state index contributed by atoms with van der Waals surface area (Å²) in [5.74, 6) is 0. The fourth-order valence-electron chi connectivity index (χ4n) is 0.835. The Labute approximate surface area is 70.6 Å². The van der Waals surface area contributed by atoms with E-state index in [1.54, 1.807) is 24.5 Å². The highest BCUT2D eigenvalue weighted by Gasteiger charge is 1.96. The van der Waals surface area contributed by atoms with Gasteiger partial charge in [0.25, 0.3) is 0 Å². The molecule has 1 aromatic heterocycles. The summed E-state index contributed by atoms with van der Waals surface area (Å²) in [5, 5.41) is 17.1. The molecule has 60 valence electrons. The number of aliphatic hydroxyl groups is 1. The molecule has 3 nitrogen and oxygen atoms in total. The van der Waals surface area contributed by atoms with Crippen molar-refractivity contribution in [3.05, 3.63) is 41.9 Å². The minimum absolute atomic E-state index is 0.348. The molecule has 0 saturated carbocycles. The van der Waals surface area contributed by atoms with Gasteiger partial charge in [0.2, 0.25) is 0 Å². The van der Waals surface area contributed by atoms with Gasteiger partial charge in [0, 0.05) is 18.8 Å². The van der Waals surface area contributed by atoms with E-state index < -0.39 is 0 Å². The second-order valence-electron chi connectivity index (χ2n) is 2.30. The van der Waals surface area contributed by atoms with Crippen LogP contribution in [0.25, 0.3) is 0 Å². The van der Waals surface area contributed by atoms with Crippen LogP contribution in [0.3, 0.4) is 0 Å². The normalized spacial score (nSPS) is 10.8. The topological polar surface area (TPSA) is 56.9 Å². The van der Waals surface area contributed by atoms with Gasteiger partial charge in [-0.05, 0) is 17.7 Å². The summed E-state index contributed by atoms with van der Waals surface area (Å²) >= 11 is 0. The molecule has 1 N–H and O–H groups in total. The second-order valence-corrected chi connectivity index (χ2v) is 2.30. The molecule has 12 heavy (non-hydrogen) atoms. The number of hydrogen-bond donors (Lipinski definition) is 1. The Bertz CT molecular complexity index is 311. The van der Waals surface area contributed by atoms with Crippen molar-refractivity contribution >= 4 is 0 Å². The fourth-order valence-corrected chi connectivity index (χ4v) is 0.835. The summed E-state index contributed by atoms with van der Waals surface area (Å²) in [5.41, 5.74) is 1.31. The highest BCUT2D eigenvalue weighted by molar-refractivity contribution is 5.27. The summed E-state index contributed by atoms with van der Waals surface area (Å²) in [6, 6.07) is 5.50. The van der Waals surface area contributed by atoms with Gasteiger partial charge in [-0.15, -0.1) is 0 Å². The SMILES string of the molecule is N#C/C(=C\O)Cc1ccncc1. The minimum Gasteiger partial charge on any atom is -0.515 e. The molecule has 0 fully saturated rings. The van der Waals surface area contributed by atoms with Crippen LogP contribution in [-0.4, -0.2) is 10.1 Å². The first-order valence-electron chi connectivity index (χ1n) is 3.49. The Hall–Kier alpha value is -1.82. The average Bonchev–Trinajstić information content (AvgIpc) is 2.16. The molecule has 0 bridgehead atoms. The van der Waals surface area contributed by atoms with E-state index in [2.05, 4.69) is 4.98 Å². The Morgan fingerprint density at radius 1 is 1.58 bits per heavy atom. The summed E-state index contributed by atoms with van der Waals surface area (Å²) in [4.78, 5) is 3.84. The first kappa shape index (κ1) is 8.28. The number of aliphatic hydroxyl groups excluding tert-OH is 1. The quantitative estimate of drug-likeness (QED) is 0.528. The molecule has 1 heterocycles. The van der Waals surface area contributed by atoms with Crippen LogP contribution in [0.4, 0.5) is 0 Å². The van der Waals surface area contributed by atoms with Crippen LogP contribution in [0.15, 0.2) is 36.4 Å². The van der Waals surface area contributed by atoms with Crippen molar-refractivity contribution in [3.63, 3.8) is 0 Å². The highest BCUT2D eigenvalue weighted by atomic mass is 16.2. The van der Waals surface area contributed by atoms with E-state index in [9.17, 15) is 0 Å². The van der Waals surface area contributed by atoms with Crippen molar-refractivity contribution in [1.29, 1.82) is 5.26 Å². The maximum Gasteiger partial charge on any atom is 0.0982 e. The first-order chi connectivity index (χ1) is 5.86. The molecule has 0 aliphatic carbocycles. The molecule has 0 aliphatic rings. The maximum absolute atomic E-state index is 8.59. The monoisotopic (exact) mass is 160 g/mol. The zero-order valence-electron chi connectivity index (χ0n) is 6.44. The standard InChI is InChI=1S/C9H8N2O/c10-6-9(7-12)5-8-1-3-11-4-2-8/h1-4,7,12H,5H2/b9-7-. The third-order valence-electron chi connectivity index (χ3n) is 1.44. The van der Waals surface area contributed by atoms with Gasteiger partial charge in [-0.1, -0.05) is 0 Å². The molecule has 3 heteroatoms. The lowest BCUT2D eigenvalue weighted by atomic mass is 10.1. The number of nitriles is 1. The smallest absolute Gasteiger partial charge is 0.0982 e. The van der Waals surface area contributed by atoms with Crippen molar-refractivity contribution in [1.82, 2.24) is 4.98 Å². The number of nitrogens with zero attached hydrogens (tertiary/aromatic N) is 2. The van der Waals surface area contributed by atoms with Gasteiger partial charge in [-0.3, -0.25) is 4.98 Å². The highest BCUT2D eigenvalue weighted by Crippen LogP contribution is 2.04. The van der Waals surface area contributed by atoms with E-state index >= 15 is 0 Å². The van der Waals surface area contributed by atoms with E-state index in [1.807, 2.05) is 6.07 Å². The van der Waals surface area contributed by atoms with E-state index in [-0.39, 0.29) is 0 Å². The largest absolute Gasteiger partial charge is 0.515 e. The number of rotatable bonds is 2. The Morgan fingerprint density at radius 3 is 2.75 bits per heavy atom. The molecule has 0 radical (unpaired) electrons. The van der Waals surface area contributed by atoms with Crippen LogP contribution in [0.5, 0.6) is 0 Å². The van der Waals surface area contributed by atoms with Crippen LogP contribution < -0.4 is 0 Å². The predicted molar refractivity (Wildman–Crippen MR) is 44.3 cm³/mol. The van der Waals surface area contributed by atoms with Crippen LogP contribution >= 0.6 is 0 Å². The second kappa shape index (κ2) is 4.14. The lowest BCUT2D eigenvalue weighted by Crippen LogP contribution is -1.88. The number of pyridine rings is 1. The number of aromatic nitrogens is 1. The summed E-state index contributed by atoms with van der Waals surface area (Å²) in [7, 11) is 0. The fraction of sp³-hybridized carbons (Fsp3) is 0.111. The maximum atomic E-state index is 8.59. The third kappa shape index (κ3) is 2.10. The van der Waals surface area contributed by atoms with E-state index in [0.29, 0.717) is 12.0 Å². The van der Waals surface area contributed by atoms with E-state index in [0.717, 1.165) is 11.8 Å². The van der Waals surface area contributed by atoms with Crippen molar-refractivity contribution in [3.8, 4) is 6.07 Å². The molecule has 0 saturated heterocycles. The molecule has 0 unspecified atom stereocenters. The van der Waals surface area contributed by atoms with Crippen LogP contribution in [0.2, 0.25) is 0 Å². The van der Waals surface area contributed by atoms with Crippen molar-refractivity contribution in [2.75, 3.05) is 0 Å². The van der Waals surface area contributed by atoms with Crippen LogP contribution in [0.1, 0.15) is 5.56 Å². The molecular formula is C9H8N2O. The van der Waals surface area contributed by atoms with Crippen molar-refractivity contribution in [2.45, 2.75) is 6.42 Å². The third-order valence-corrected chi connectivity index (χ3v) is 1.44. The summed E-state index contributed by atoms with van der Waals surface area (Å²) < 4.78 is 0. The van der Waals surface area contributed by atoms with Gasteiger partial charge in [-0.25, -0.2) is 0 Å². The summed E-state index contributed by atoms with van der Waals surface area (Å²) in [6.45, 7) is 0. The summed E-state index contributed by atoms with van der Waals surface area (Å²) in [6.07, 6.45) is 4.60. The van der Waals surface area contributed by atoms with Gasteiger partial charge in [-0.2, -0.15) is 5.26 Å². The minimum atomic E-state index is 0.348. The lowest BCUT2D eigenvalue weighted by molar-refractivity contribution is 0.468. The molecule has 1 aromatic rings. The van der Waals surface area contributed by atoms with Crippen LogP contribution in [0, 0.1) is 11.3 Å². The molecular weight excluding hydrogens is 152 g/mol. The zero-order valence-corrected chi connectivity index (χ0v) is 6.44. The van der Waals surface area contributed by atoms with Crippen molar-refractivity contribution < 1.29 is 5.11 Å². The Morgan fingerprint density at radius 2 is 2.25 bits per heavy atom. The molecule has 0 amide bonds. The number of allylic oxidation sites excluding steroid dienone is 1. The van der Waals surface area contributed by atoms with Gasteiger partial charge in [0.15, 0.2) is 0 Å². The van der Waals surface area contributed by atoms with Crippen molar-refractivity contribution in [2.24, 2.45) is 0 Å². The molecule has 0 aliphatic heterocycles. The average molecular weight is 160 g/mol. The molecule has 1 rings (SSSR count). The van der Waals surface area contributed by atoms with E-state index in [4.69, 9.17) is 10.4 Å². The predicted octanol–water partition coefficient (Wildman–Crippen LogP) is 1.59. The van der Waals surface area contributed by atoms with Gasteiger partial charge in [0.1, 0.15) is 0 Å².